The van der Waals surface area contributed by atoms with Gasteiger partial charge in [0.25, 0.3) is 5.91 Å². The predicted octanol–water partition coefficient (Wildman–Crippen LogP) is -0.247. The van der Waals surface area contributed by atoms with Crippen LogP contribution in [0.5, 0.6) is 0 Å². The van der Waals surface area contributed by atoms with Crippen molar-refractivity contribution < 1.29 is 18.8 Å². The lowest BCUT2D eigenvalue weighted by Gasteiger charge is -2.07. The SMILES string of the molecule is CCNC(=O)CNC(=O)CNC(=O)c1cc2occc2n1C. The average Bonchev–Trinajstić information content (AvgIpc) is 3.06. The molecule has 22 heavy (non-hydrogen) atoms. The summed E-state index contributed by atoms with van der Waals surface area (Å²) in [6, 6.07) is 3.36. The van der Waals surface area contributed by atoms with Gasteiger partial charge in [0.1, 0.15) is 5.69 Å². The van der Waals surface area contributed by atoms with Crippen LogP contribution < -0.4 is 16.0 Å². The number of likely N-dealkylation sites (N-methyl/N-ethyl adjacent to an activating group) is 1. The third-order valence-electron chi connectivity index (χ3n) is 3.13. The van der Waals surface area contributed by atoms with E-state index in [0.29, 0.717) is 17.8 Å². The smallest absolute Gasteiger partial charge is 0.268 e. The number of fused-ring (bicyclic) bond motifs is 1. The zero-order valence-corrected chi connectivity index (χ0v) is 12.4. The van der Waals surface area contributed by atoms with Gasteiger partial charge in [0.05, 0.1) is 24.9 Å². The summed E-state index contributed by atoms with van der Waals surface area (Å²) in [5.74, 6) is -1.09. The van der Waals surface area contributed by atoms with Crippen LogP contribution in [0.3, 0.4) is 0 Å². The number of nitrogens with zero attached hydrogens (tertiary/aromatic N) is 1. The number of furan rings is 1. The van der Waals surface area contributed by atoms with Crippen molar-refractivity contribution in [1.29, 1.82) is 0 Å². The Balaban J connectivity index is 1.84. The van der Waals surface area contributed by atoms with Gasteiger partial charge >= 0.3 is 0 Å². The number of hydrogen-bond donors (Lipinski definition) is 3. The molecule has 3 amide bonds. The number of aryl methyl sites for hydroxylation is 1. The van der Waals surface area contributed by atoms with E-state index in [1.807, 2.05) is 0 Å². The maximum atomic E-state index is 12.0. The summed E-state index contributed by atoms with van der Waals surface area (Å²) in [5, 5.41) is 7.48. The topological polar surface area (TPSA) is 105 Å². The lowest BCUT2D eigenvalue weighted by Crippen LogP contribution is -2.42. The highest BCUT2D eigenvalue weighted by molar-refractivity contribution is 5.99. The van der Waals surface area contributed by atoms with Crippen molar-refractivity contribution in [3.63, 3.8) is 0 Å². The fourth-order valence-electron chi connectivity index (χ4n) is 2.02. The van der Waals surface area contributed by atoms with Crippen molar-refractivity contribution >= 4 is 28.8 Å². The minimum absolute atomic E-state index is 0.111. The second-order valence-corrected chi connectivity index (χ2v) is 4.67. The molecule has 8 nitrogen and oxygen atoms in total. The number of carbonyl (C=O) groups is 3. The second-order valence-electron chi connectivity index (χ2n) is 4.67. The Kier molecular flexibility index (Phi) is 4.82. The van der Waals surface area contributed by atoms with Crippen molar-refractivity contribution in [2.45, 2.75) is 6.92 Å². The van der Waals surface area contributed by atoms with Crippen LogP contribution in [0, 0.1) is 0 Å². The van der Waals surface area contributed by atoms with E-state index in [4.69, 9.17) is 4.42 Å². The summed E-state index contributed by atoms with van der Waals surface area (Å²) in [4.78, 5) is 34.8. The van der Waals surface area contributed by atoms with Crippen molar-refractivity contribution in [3.05, 3.63) is 24.1 Å². The Labute approximate surface area is 126 Å². The van der Waals surface area contributed by atoms with Crippen LogP contribution in [0.2, 0.25) is 0 Å². The quantitative estimate of drug-likeness (QED) is 0.684. The molecule has 0 aliphatic carbocycles. The normalized spacial score (nSPS) is 10.5. The van der Waals surface area contributed by atoms with Crippen LogP contribution in [-0.4, -0.2) is 41.9 Å². The summed E-state index contributed by atoms with van der Waals surface area (Å²) in [7, 11) is 1.74. The fraction of sp³-hybridized carbons (Fsp3) is 0.357. The van der Waals surface area contributed by atoms with E-state index >= 15 is 0 Å². The largest absolute Gasteiger partial charge is 0.463 e. The average molecular weight is 306 g/mol. The van der Waals surface area contributed by atoms with Crippen LogP contribution in [0.4, 0.5) is 0 Å². The minimum atomic E-state index is -0.433. The number of amides is 3. The van der Waals surface area contributed by atoms with Crippen LogP contribution >= 0.6 is 0 Å². The summed E-state index contributed by atoms with van der Waals surface area (Å²) in [6.07, 6.45) is 1.54. The van der Waals surface area contributed by atoms with Gasteiger partial charge in [0.15, 0.2) is 5.58 Å². The Morgan fingerprint density at radius 1 is 1.14 bits per heavy atom. The van der Waals surface area contributed by atoms with Gasteiger partial charge < -0.3 is 24.9 Å². The molecule has 2 aromatic rings. The molecule has 2 heterocycles. The first-order valence-electron chi connectivity index (χ1n) is 6.87. The molecule has 118 valence electrons. The van der Waals surface area contributed by atoms with E-state index < -0.39 is 5.91 Å². The maximum Gasteiger partial charge on any atom is 0.268 e. The fourth-order valence-corrected chi connectivity index (χ4v) is 2.02. The van der Waals surface area contributed by atoms with Crippen molar-refractivity contribution in [2.24, 2.45) is 7.05 Å². The highest BCUT2D eigenvalue weighted by Crippen LogP contribution is 2.19. The Morgan fingerprint density at radius 2 is 1.82 bits per heavy atom. The van der Waals surface area contributed by atoms with Gasteiger partial charge in [-0.1, -0.05) is 0 Å². The lowest BCUT2D eigenvalue weighted by atomic mass is 10.4. The van der Waals surface area contributed by atoms with Gasteiger partial charge in [-0.25, -0.2) is 0 Å². The van der Waals surface area contributed by atoms with E-state index in [1.54, 1.807) is 36.9 Å². The zero-order chi connectivity index (χ0) is 16.1. The molecule has 0 atom stereocenters. The molecule has 0 saturated heterocycles. The van der Waals surface area contributed by atoms with Gasteiger partial charge in [-0.05, 0) is 6.92 Å². The Bertz CT molecular complexity index is 701. The van der Waals surface area contributed by atoms with E-state index in [0.717, 1.165) is 5.52 Å². The second kappa shape index (κ2) is 6.79. The van der Waals surface area contributed by atoms with Gasteiger partial charge in [0.2, 0.25) is 11.8 Å². The molecule has 0 fully saturated rings. The van der Waals surface area contributed by atoms with E-state index in [2.05, 4.69) is 16.0 Å². The first kappa shape index (κ1) is 15.6. The van der Waals surface area contributed by atoms with Crippen molar-refractivity contribution in [2.75, 3.05) is 19.6 Å². The molecule has 3 N–H and O–H groups in total. The lowest BCUT2D eigenvalue weighted by molar-refractivity contribution is -0.125. The van der Waals surface area contributed by atoms with E-state index in [9.17, 15) is 14.4 Å². The number of rotatable bonds is 6. The van der Waals surface area contributed by atoms with E-state index in [-0.39, 0.29) is 24.9 Å². The van der Waals surface area contributed by atoms with Gasteiger partial charge in [-0.2, -0.15) is 0 Å². The molecule has 0 radical (unpaired) electrons. The third kappa shape index (κ3) is 3.46. The van der Waals surface area contributed by atoms with Crippen LogP contribution in [0.25, 0.3) is 11.1 Å². The van der Waals surface area contributed by atoms with Crippen LogP contribution in [0.1, 0.15) is 17.4 Å². The molecule has 0 aromatic carbocycles. The molecule has 8 heteroatoms. The van der Waals surface area contributed by atoms with Crippen molar-refractivity contribution in [3.8, 4) is 0 Å². The summed E-state index contributed by atoms with van der Waals surface area (Å²) >= 11 is 0. The van der Waals surface area contributed by atoms with Crippen LogP contribution in [0.15, 0.2) is 22.8 Å². The van der Waals surface area contributed by atoms with E-state index in [1.165, 1.54) is 0 Å². The molecule has 0 saturated carbocycles. The standard InChI is InChI=1S/C14H18N4O4/c1-3-15-12(19)7-16-13(20)8-17-14(21)10-6-11-9(18(10)2)4-5-22-11/h4-6H,3,7-8H2,1-2H3,(H,15,19)(H,16,20)(H,17,21). The monoisotopic (exact) mass is 306 g/mol. The van der Waals surface area contributed by atoms with Crippen molar-refractivity contribution in [1.82, 2.24) is 20.5 Å². The summed E-state index contributed by atoms with van der Waals surface area (Å²) in [6.45, 7) is 1.97. The molecule has 0 unspecified atom stereocenters. The van der Waals surface area contributed by atoms with Crippen LogP contribution in [-0.2, 0) is 16.6 Å². The van der Waals surface area contributed by atoms with Gasteiger partial charge in [0, 0.05) is 25.7 Å². The number of hydrogen-bond acceptors (Lipinski definition) is 4. The first-order valence-corrected chi connectivity index (χ1v) is 6.87. The number of carbonyl (C=O) groups excluding carboxylic acids is 3. The highest BCUT2D eigenvalue weighted by atomic mass is 16.3. The number of nitrogens with one attached hydrogen (secondary N) is 3. The highest BCUT2D eigenvalue weighted by Gasteiger charge is 2.15. The maximum absolute atomic E-state index is 12.0. The summed E-state index contributed by atoms with van der Waals surface area (Å²) < 4.78 is 6.90. The first-order chi connectivity index (χ1) is 10.5. The molecule has 0 bridgehead atoms. The Morgan fingerprint density at radius 3 is 2.50 bits per heavy atom. The molecular weight excluding hydrogens is 288 g/mol. The molecule has 0 spiro atoms. The molecule has 0 aliphatic rings. The third-order valence-corrected chi connectivity index (χ3v) is 3.13. The minimum Gasteiger partial charge on any atom is -0.463 e. The Hall–Kier alpha value is -2.77. The zero-order valence-electron chi connectivity index (χ0n) is 12.4. The molecular formula is C14H18N4O4. The van der Waals surface area contributed by atoms with Gasteiger partial charge in [-0.3, -0.25) is 14.4 Å². The number of aromatic nitrogens is 1. The summed E-state index contributed by atoms with van der Waals surface area (Å²) in [5.41, 5.74) is 1.80. The van der Waals surface area contributed by atoms with Gasteiger partial charge in [-0.15, -0.1) is 0 Å². The molecule has 0 aliphatic heterocycles. The predicted molar refractivity (Wildman–Crippen MR) is 79.2 cm³/mol. The molecule has 2 aromatic heterocycles. The molecule has 2 rings (SSSR count).